The summed E-state index contributed by atoms with van der Waals surface area (Å²) in [4.78, 5) is 41.8. The Balaban J connectivity index is 1.55. The quantitative estimate of drug-likeness (QED) is 0.583. The molecule has 0 radical (unpaired) electrons. The number of carbonyl (C=O) groups is 3. The van der Waals surface area contributed by atoms with E-state index in [9.17, 15) is 14.4 Å². The molecule has 2 heterocycles. The van der Waals surface area contributed by atoms with Crippen molar-refractivity contribution in [1.29, 1.82) is 0 Å². The van der Waals surface area contributed by atoms with Crippen LogP contribution in [0.1, 0.15) is 69.3 Å². The number of hydrogen-bond acceptors (Lipinski definition) is 6. The largest absolute Gasteiger partial charge is 0.466 e. The number of rotatable bonds is 7. The molecular weight excluding hydrogens is 420 g/mol. The SMILES string of the molecule is CCOC(=O)C1CCCN(C2CCN(C(=O)c3ccc(C(C)(C)C(=O)OCC)cc3)CC2)C1. The second-order valence-electron chi connectivity index (χ2n) is 9.53. The van der Waals surface area contributed by atoms with Gasteiger partial charge in [0.25, 0.3) is 5.91 Å². The van der Waals surface area contributed by atoms with Crippen LogP contribution in [-0.2, 0) is 24.5 Å². The van der Waals surface area contributed by atoms with E-state index in [1.54, 1.807) is 19.1 Å². The van der Waals surface area contributed by atoms with Gasteiger partial charge >= 0.3 is 11.9 Å². The van der Waals surface area contributed by atoms with E-state index in [1.165, 1.54) is 0 Å². The summed E-state index contributed by atoms with van der Waals surface area (Å²) in [5.74, 6) is -0.355. The van der Waals surface area contributed by atoms with Crippen LogP contribution in [0.3, 0.4) is 0 Å². The molecule has 2 fully saturated rings. The van der Waals surface area contributed by atoms with Crippen LogP contribution in [0.15, 0.2) is 24.3 Å². The maximum Gasteiger partial charge on any atom is 0.315 e. The average molecular weight is 459 g/mol. The normalized spacial score (nSPS) is 20.4. The third-order valence-corrected chi connectivity index (χ3v) is 6.98. The highest BCUT2D eigenvalue weighted by Gasteiger charge is 2.34. The molecule has 2 aliphatic heterocycles. The van der Waals surface area contributed by atoms with Crippen LogP contribution in [0.2, 0.25) is 0 Å². The summed E-state index contributed by atoms with van der Waals surface area (Å²) in [6.45, 7) is 11.3. The Morgan fingerprint density at radius 3 is 2.18 bits per heavy atom. The average Bonchev–Trinajstić information content (AvgIpc) is 2.84. The van der Waals surface area contributed by atoms with Gasteiger partial charge in [0.1, 0.15) is 0 Å². The summed E-state index contributed by atoms with van der Waals surface area (Å²) in [5.41, 5.74) is 0.709. The van der Waals surface area contributed by atoms with E-state index < -0.39 is 5.41 Å². The van der Waals surface area contributed by atoms with Gasteiger partial charge in [0, 0.05) is 31.2 Å². The number of piperidine rings is 2. The van der Waals surface area contributed by atoms with E-state index in [2.05, 4.69) is 4.90 Å². The molecule has 3 rings (SSSR count). The van der Waals surface area contributed by atoms with Crippen molar-refractivity contribution < 1.29 is 23.9 Å². The Morgan fingerprint density at radius 1 is 0.939 bits per heavy atom. The molecule has 2 aliphatic rings. The number of hydrogen-bond donors (Lipinski definition) is 0. The predicted octanol–water partition coefficient (Wildman–Crippen LogP) is 3.41. The first-order valence-electron chi connectivity index (χ1n) is 12.3. The fourth-order valence-electron chi connectivity index (χ4n) is 4.87. The Bertz CT molecular complexity index is 828. The second kappa shape index (κ2) is 11.1. The summed E-state index contributed by atoms with van der Waals surface area (Å²) in [6.07, 6.45) is 3.73. The Hall–Kier alpha value is -2.41. The molecule has 0 aromatic heterocycles. The topological polar surface area (TPSA) is 76.2 Å². The van der Waals surface area contributed by atoms with Gasteiger partial charge in [-0.2, -0.15) is 0 Å². The van der Waals surface area contributed by atoms with Gasteiger partial charge < -0.3 is 14.4 Å². The minimum Gasteiger partial charge on any atom is -0.466 e. The van der Waals surface area contributed by atoms with Crippen molar-refractivity contribution in [1.82, 2.24) is 9.80 Å². The van der Waals surface area contributed by atoms with E-state index in [-0.39, 0.29) is 23.8 Å². The minimum absolute atomic E-state index is 0.0250. The summed E-state index contributed by atoms with van der Waals surface area (Å²) < 4.78 is 10.4. The fourth-order valence-corrected chi connectivity index (χ4v) is 4.87. The Morgan fingerprint density at radius 2 is 1.58 bits per heavy atom. The fraction of sp³-hybridized carbons (Fsp3) is 0.654. The molecule has 182 valence electrons. The van der Waals surface area contributed by atoms with Crippen molar-refractivity contribution in [3.63, 3.8) is 0 Å². The number of benzene rings is 1. The molecule has 1 atom stereocenters. The van der Waals surface area contributed by atoms with Crippen molar-refractivity contribution in [3.05, 3.63) is 35.4 Å². The van der Waals surface area contributed by atoms with Crippen LogP contribution in [0.25, 0.3) is 0 Å². The number of carbonyl (C=O) groups excluding carboxylic acids is 3. The zero-order valence-electron chi connectivity index (χ0n) is 20.5. The highest BCUT2D eigenvalue weighted by molar-refractivity contribution is 5.94. The third-order valence-electron chi connectivity index (χ3n) is 6.98. The van der Waals surface area contributed by atoms with Crippen molar-refractivity contribution in [2.45, 2.75) is 64.8 Å². The first-order valence-corrected chi connectivity index (χ1v) is 12.3. The highest BCUT2D eigenvalue weighted by Crippen LogP contribution is 2.27. The molecule has 0 N–H and O–H groups in total. The van der Waals surface area contributed by atoms with Crippen LogP contribution in [0.4, 0.5) is 0 Å². The number of esters is 2. The van der Waals surface area contributed by atoms with Gasteiger partial charge in [-0.3, -0.25) is 19.3 Å². The Labute approximate surface area is 197 Å². The molecule has 0 saturated carbocycles. The molecule has 1 aromatic rings. The van der Waals surface area contributed by atoms with E-state index in [4.69, 9.17) is 9.47 Å². The van der Waals surface area contributed by atoms with Gasteiger partial charge in [0.05, 0.1) is 24.5 Å². The zero-order chi connectivity index (χ0) is 24.0. The molecule has 0 aliphatic carbocycles. The Kier molecular flexibility index (Phi) is 8.51. The van der Waals surface area contributed by atoms with E-state index in [1.807, 2.05) is 37.8 Å². The summed E-state index contributed by atoms with van der Waals surface area (Å²) in [6, 6.07) is 7.71. The lowest BCUT2D eigenvalue weighted by Gasteiger charge is -2.41. The summed E-state index contributed by atoms with van der Waals surface area (Å²) in [7, 11) is 0. The molecule has 1 unspecified atom stereocenters. The summed E-state index contributed by atoms with van der Waals surface area (Å²) in [5, 5.41) is 0. The number of ether oxygens (including phenoxy) is 2. The lowest BCUT2D eigenvalue weighted by molar-refractivity contribution is -0.150. The maximum atomic E-state index is 13.1. The smallest absolute Gasteiger partial charge is 0.315 e. The van der Waals surface area contributed by atoms with Gasteiger partial charge in [-0.15, -0.1) is 0 Å². The first kappa shape index (κ1) is 25.2. The molecular formula is C26H38N2O5. The first-order chi connectivity index (χ1) is 15.8. The van der Waals surface area contributed by atoms with Crippen molar-refractivity contribution in [3.8, 4) is 0 Å². The van der Waals surface area contributed by atoms with Crippen molar-refractivity contribution >= 4 is 17.8 Å². The van der Waals surface area contributed by atoms with Crippen LogP contribution < -0.4 is 0 Å². The zero-order valence-corrected chi connectivity index (χ0v) is 20.5. The minimum atomic E-state index is -0.758. The van der Waals surface area contributed by atoms with Gasteiger partial charge in [-0.05, 0) is 77.6 Å². The molecule has 1 aromatic carbocycles. The van der Waals surface area contributed by atoms with E-state index >= 15 is 0 Å². The van der Waals surface area contributed by atoms with E-state index in [0.29, 0.717) is 37.9 Å². The monoisotopic (exact) mass is 458 g/mol. The molecule has 7 heteroatoms. The van der Waals surface area contributed by atoms with Crippen LogP contribution in [0.5, 0.6) is 0 Å². The van der Waals surface area contributed by atoms with Crippen LogP contribution in [0, 0.1) is 5.92 Å². The molecule has 2 saturated heterocycles. The molecule has 0 bridgehead atoms. The molecule has 33 heavy (non-hydrogen) atoms. The van der Waals surface area contributed by atoms with Gasteiger partial charge in [-0.25, -0.2) is 0 Å². The van der Waals surface area contributed by atoms with Crippen LogP contribution >= 0.6 is 0 Å². The molecule has 7 nitrogen and oxygen atoms in total. The van der Waals surface area contributed by atoms with Gasteiger partial charge in [0.15, 0.2) is 0 Å². The standard InChI is InChI=1S/C26H38N2O5/c1-5-32-24(30)20-8-7-15-28(18-20)22-13-16-27(17-14-22)23(29)19-9-11-21(12-10-19)26(3,4)25(31)33-6-2/h9-12,20,22H,5-8,13-18H2,1-4H3. The number of likely N-dealkylation sites (tertiary alicyclic amines) is 2. The maximum absolute atomic E-state index is 13.1. The molecule has 1 amide bonds. The van der Waals surface area contributed by atoms with Gasteiger partial charge in [0.2, 0.25) is 0 Å². The molecule has 0 spiro atoms. The van der Waals surface area contributed by atoms with Crippen LogP contribution in [-0.4, -0.2) is 73.1 Å². The highest BCUT2D eigenvalue weighted by atomic mass is 16.5. The number of nitrogens with zero attached hydrogens (tertiary/aromatic N) is 2. The van der Waals surface area contributed by atoms with Gasteiger partial charge in [-0.1, -0.05) is 12.1 Å². The van der Waals surface area contributed by atoms with Crippen molar-refractivity contribution in [2.24, 2.45) is 5.92 Å². The number of amides is 1. The predicted molar refractivity (Wildman–Crippen MR) is 126 cm³/mol. The third kappa shape index (κ3) is 5.94. The summed E-state index contributed by atoms with van der Waals surface area (Å²) >= 11 is 0. The van der Waals surface area contributed by atoms with Crippen molar-refractivity contribution in [2.75, 3.05) is 39.4 Å². The van der Waals surface area contributed by atoms with E-state index in [0.717, 1.165) is 44.3 Å². The lowest BCUT2D eigenvalue weighted by Crippen LogP contribution is -2.50. The second-order valence-corrected chi connectivity index (χ2v) is 9.53. The lowest BCUT2D eigenvalue weighted by atomic mass is 9.84.